The van der Waals surface area contributed by atoms with Gasteiger partial charge >= 0.3 is 0 Å². The lowest BCUT2D eigenvalue weighted by Gasteiger charge is -2.35. The number of benzene rings is 3. The zero-order valence-electron chi connectivity index (χ0n) is 43.2. The van der Waals surface area contributed by atoms with Gasteiger partial charge in [0, 0.05) is 35.7 Å². The van der Waals surface area contributed by atoms with Crippen LogP contribution < -0.4 is 36.3 Å². The summed E-state index contributed by atoms with van der Waals surface area (Å²) in [6.45, 7) is 11.0. The number of hydrogen-bond acceptors (Lipinski definition) is 15. The summed E-state index contributed by atoms with van der Waals surface area (Å²) in [6, 6.07) is 16.7. The Kier molecular flexibility index (Phi) is 20.9. The number of nitrogens with zero attached hydrogens (tertiary/aromatic N) is 3. The highest BCUT2D eigenvalue weighted by Crippen LogP contribution is 2.32. The zero-order chi connectivity index (χ0) is 55.3. The summed E-state index contributed by atoms with van der Waals surface area (Å²) >= 11 is 3.52. The first-order valence-electron chi connectivity index (χ1n) is 24.3. The monoisotopic (exact) mass is 1200 g/mol. The third-order valence-electron chi connectivity index (χ3n) is 12.1. The number of sulfonamides is 1. The topological polar surface area (TPSA) is 258 Å². The highest BCUT2D eigenvalue weighted by molar-refractivity contribution is 14.1. The Morgan fingerprint density at radius 2 is 1.57 bits per heavy atom. The number of pyridine rings is 1. The molecule has 76 heavy (non-hydrogen) atoms. The van der Waals surface area contributed by atoms with Gasteiger partial charge in [-0.3, -0.25) is 33.3 Å². The van der Waals surface area contributed by atoms with Crippen molar-refractivity contribution >= 4 is 84.8 Å². The fraction of sp³-hybridized carbons (Fsp3) is 0.423. The van der Waals surface area contributed by atoms with Gasteiger partial charge in [0.15, 0.2) is 6.61 Å². The second-order valence-electron chi connectivity index (χ2n) is 19.1. The third kappa shape index (κ3) is 16.2. The van der Waals surface area contributed by atoms with Crippen LogP contribution in [-0.2, 0) is 50.5 Å². The molecule has 1 saturated heterocycles. The largest absolute Gasteiger partial charge is 0.484 e. The van der Waals surface area contributed by atoms with Gasteiger partial charge in [0.05, 0.1) is 77.5 Å². The number of nitrogens with one attached hydrogen (secondary N) is 5. The van der Waals surface area contributed by atoms with Crippen LogP contribution in [0.2, 0.25) is 0 Å². The second-order valence-corrected chi connectivity index (χ2v) is 22.9. The van der Waals surface area contributed by atoms with Crippen molar-refractivity contribution in [1.82, 2.24) is 30.4 Å². The number of ether oxygens (including phenoxy) is 4. The Labute approximate surface area is 458 Å². The van der Waals surface area contributed by atoms with E-state index in [1.54, 1.807) is 43.7 Å². The molecule has 4 amide bonds. The maximum absolute atomic E-state index is 14.7. The van der Waals surface area contributed by atoms with Crippen LogP contribution in [0, 0.1) is 28.6 Å². The van der Waals surface area contributed by atoms with Gasteiger partial charge < -0.3 is 50.2 Å². The Balaban J connectivity index is 0.841. The molecule has 0 saturated carbocycles. The number of aliphatic hydroxyl groups excluding tert-OH is 1. The lowest BCUT2D eigenvalue weighted by molar-refractivity contribution is -0.144. The van der Waals surface area contributed by atoms with Crippen LogP contribution in [0.25, 0.3) is 10.4 Å². The summed E-state index contributed by atoms with van der Waals surface area (Å²) in [6.07, 6.45) is -0.855. The molecular formula is C52H64FIN8O12S2. The average Bonchev–Trinajstić information content (AvgIpc) is 4.00. The van der Waals surface area contributed by atoms with E-state index in [1.165, 1.54) is 65.9 Å². The van der Waals surface area contributed by atoms with E-state index in [0.29, 0.717) is 3.57 Å². The maximum atomic E-state index is 14.7. The van der Waals surface area contributed by atoms with E-state index in [1.807, 2.05) is 60.7 Å². The molecule has 0 spiro atoms. The number of amides is 4. The molecule has 4 atom stereocenters. The van der Waals surface area contributed by atoms with E-state index in [-0.39, 0.29) is 105 Å². The molecule has 1 fully saturated rings. The third-order valence-corrected chi connectivity index (χ3v) is 15.2. The highest BCUT2D eigenvalue weighted by Gasteiger charge is 2.44. The van der Waals surface area contributed by atoms with Crippen LogP contribution in [0.1, 0.15) is 57.0 Å². The molecule has 24 heteroatoms. The number of thiazole rings is 1. The lowest BCUT2D eigenvalue weighted by atomic mass is 9.85. The fourth-order valence-electron chi connectivity index (χ4n) is 8.04. The van der Waals surface area contributed by atoms with Crippen LogP contribution in [0.3, 0.4) is 0 Å². The molecule has 6 N–H and O–H groups in total. The summed E-state index contributed by atoms with van der Waals surface area (Å²) in [5, 5.41) is 21.9. The van der Waals surface area contributed by atoms with Crippen molar-refractivity contribution in [3.63, 3.8) is 0 Å². The maximum Gasteiger partial charge on any atom is 0.262 e. The van der Waals surface area contributed by atoms with Crippen LogP contribution >= 0.6 is 33.9 Å². The van der Waals surface area contributed by atoms with E-state index in [9.17, 15) is 41.9 Å². The molecule has 3 aromatic carbocycles. The molecule has 4 unspecified atom stereocenters. The van der Waals surface area contributed by atoms with Crippen molar-refractivity contribution in [3.8, 4) is 16.2 Å². The van der Waals surface area contributed by atoms with Crippen LogP contribution in [0.15, 0.2) is 88.0 Å². The first-order valence-corrected chi connectivity index (χ1v) is 27.7. The van der Waals surface area contributed by atoms with E-state index in [4.69, 9.17) is 18.9 Å². The van der Waals surface area contributed by atoms with E-state index < -0.39 is 68.6 Å². The molecular weight excluding hydrogens is 1140 g/mol. The van der Waals surface area contributed by atoms with Crippen molar-refractivity contribution < 1.29 is 56.0 Å². The van der Waals surface area contributed by atoms with Gasteiger partial charge in [-0.1, -0.05) is 45.0 Å². The summed E-state index contributed by atoms with van der Waals surface area (Å²) in [4.78, 5) is 72.4. The van der Waals surface area contributed by atoms with Gasteiger partial charge in [-0.05, 0) is 108 Å². The molecule has 1 aliphatic heterocycles. The Morgan fingerprint density at radius 1 is 0.895 bits per heavy atom. The lowest BCUT2D eigenvalue weighted by Crippen LogP contribution is -2.58. The Bertz CT molecular complexity index is 3010. The number of hydrogen-bond donors (Lipinski definition) is 6. The zero-order valence-corrected chi connectivity index (χ0v) is 47.0. The van der Waals surface area contributed by atoms with Gasteiger partial charge in [0.25, 0.3) is 21.5 Å². The molecule has 0 bridgehead atoms. The van der Waals surface area contributed by atoms with E-state index in [2.05, 4.69) is 31.0 Å². The number of likely N-dealkylation sites (tertiary alicyclic amines) is 1. The Morgan fingerprint density at radius 3 is 2.21 bits per heavy atom. The number of aromatic nitrogens is 2. The molecule has 0 radical (unpaired) electrons. The van der Waals surface area contributed by atoms with Crippen molar-refractivity contribution in [2.45, 2.75) is 77.1 Å². The number of halogens is 2. The normalized spacial score (nSPS) is 15.4. The number of rotatable bonds is 25. The summed E-state index contributed by atoms with van der Waals surface area (Å²) in [5.41, 5.74) is 3.81. The van der Waals surface area contributed by atoms with Gasteiger partial charge in [0.1, 0.15) is 36.1 Å². The van der Waals surface area contributed by atoms with Crippen molar-refractivity contribution in [2.24, 2.45) is 12.5 Å². The van der Waals surface area contributed by atoms with Gasteiger partial charge in [0.2, 0.25) is 17.7 Å². The van der Waals surface area contributed by atoms with E-state index >= 15 is 0 Å². The van der Waals surface area contributed by atoms with Crippen molar-refractivity contribution in [3.05, 3.63) is 115 Å². The molecule has 0 aliphatic carbocycles. The quantitative estimate of drug-likeness (QED) is 0.0319. The second kappa shape index (κ2) is 26.8. The molecule has 2 aromatic heterocycles. The van der Waals surface area contributed by atoms with Crippen LogP contribution in [0.4, 0.5) is 21.6 Å². The van der Waals surface area contributed by atoms with Crippen molar-refractivity contribution in [1.29, 1.82) is 0 Å². The predicted octanol–water partition coefficient (Wildman–Crippen LogP) is 5.33. The Hall–Kier alpha value is -6.03. The highest BCUT2D eigenvalue weighted by atomic mass is 127. The van der Waals surface area contributed by atoms with Gasteiger partial charge in [-0.25, -0.2) is 17.8 Å². The summed E-state index contributed by atoms with van der Waals surface area (Å²) < 4.78 is 67.9. The first-order chi connectivity index (χ1) is 36.0. The van der Waals surface area contributed by atoms with Gasteiger partial charge in [-0.15, -0.1) is 11.3 Å². The average molecular weight is 1200 g/mol. The number of β-amino-alcohol motifs (C(OH)–C–C–N with tert-alkyl or cyclic N) is 1. The summed E-state index contributed by atoms with van der Waals surface area (Å²) in [7, 11) is -2.77. The molecule has 20 nitrogen and oxygen atoms in total. The number of carbonyl (C=O) groups excluding carboxylic acids is 4. The predicted molar refractivity (Wildman–Crippen MR) is 293 cm³/mol. The molecule has 5 aromatic rings. The molecule has 1 aliphatic rings. The summed E-state index contributed by atoms with van der Waals surface area (Å²) in [5.74, 6) is -2.20. The molecule has 3 heterocycles. The van der Waals surface area contributed by atoms with Crippen LogP contribution in [-0.4, -0.2) is 129 Å². The number of aryl methyl sites for hydroxylation is 2. The number of aliphatic hydroxyl groups is 1. The van der Waals surface area contributed by atoms with Gasteiger partial charge in [-0.2, -0.15) is 0 Å². The number of anilines is 3. The van der Waals surface area contributed by atoms with E-state index in [0.717, 1.165) is 21.7 Å². The minimum atomic E-state index is -4.20. The molecule has 410 valence electrons. The minimum Gasteiger partial charge on any atom is -0.484 e. The minimum absolute atomic E-state index is 0.0198. The first kappa shape index (κ1) is 59.2. The SMILES string of the molecule is Cc1ncsc1-c1ccc(C(C)NC(=O)C2CC(O)CN2C(=O)C(NC(=O)COCCOCCOCCNC(=O)COc2ccc(S(=O)(=O)Nc3cc(C)c(=O)n(C)c3Nc3ccc(I)cc3F)cc2)C(C)(C)C)cc1. The number of carbonyl (C=O) groups is 4. The van der Waals surface area contributed by atoms with Crippen molar-refractivity contribution in [2.75, 3.05) is 69.4 Å². The van der Waals surface area contributed by atoms with Crippen LogP contribution in [0.5, 0.6) is 5.75 Å². The standard InChI is InChI=1S/C52H64FIN8O12S2/c1-31-24-42(48(61(7)50(31)67)58-41-17-12-36(54)25-40(41)53)60-76(69,70)39-15-13-38(14-16-39)74-29-44(64)55-18-19-71-20-21-72-22-23-73-28-45(65)59-47(52(4,5)6)51(68)62-27-37(63)26-43(62)49(66)57-32(2)34-8-10-35(11-9-34)46-33(3)56-30-75-46/h8-17,24-25,30,32,37,43,47,58,60,63H,18-23,26-29H2,1-7H3,(H,55,64)(H,57,66)(H,59,65). The smallest absolute Gasteiger partial charge is 0.262 e. The molecule has 6 rings (SSSR count). The fourth-order valence-corrected chi connectivity index (χ4v) is 10.4.